The number of rotatable bonds is 2. The van der Waals surface area contributed by atoms with Gasteiger partial charge in [-0.3, -0.25) is 0 Å². The summed E-state index contributed by atoms with van der Waals surface area (Å²) in [6.07, 6.45) is 5.39. The molecule has 0 spiro atoms. The van der Waals surface area contributed by atoms with Gasteiger partial charge in [0.25, 0.3) is 0 Å². The van der Waals surface area contributed by atoms with Gasteiger partial charge in [0.15, 0.2) is 0 Å². The van der Waals surface area contributed by atoms with Crippen LogP contribution in [0.2, 0.25) is 0 Å². The summed E-state index contributed by atoms with van der Waals surface area (Å²) < 4.78 is 1.16. The van der Waals surface area contributed by atoms with Crippen molar-refractivity contribution in [1.82, 2.24) is 0 Å². The van der Waals surface area contributed by atoms with E-state index in [2.05, 4.69) is 61.9 Å². The molecule has 1 nitrogen and oxygen atoms in total. The lowest BCUT2D eigenvalue weighted by molar-refractivity contribution is 0.615. The highest BCUT2D eigenvalue weighted by Crippen LogP contribution is 2.30. The van der Waals surface area contributed by atoms with E-state index in [-0.39, 0.29) is 0 Å². The van der Waals surface area contributed by atoms with Crippen molar-refractivity contribution in [1.29, 1.82) is 0 Å². The lowest BCUT2D eigenvalue weighted by Crippen LogP contribution is -2.33. The standard InChI is InChI=1S/C14H19Br2N/c1-11-5-3-2-4-8-17(11)14-7-6-13(16)9-12(14)10-15/h6-7,9,11H,2-5,8,10H2,1H3. The summed E-state index contributed by atoms with van der Waals surface area (Å²) in [5, 5.41) is 0.922. The van der Waals surface area contributed by atoms with Crippen LogP contribution < -0.4 is 4.90 Å². The SMILES string of the molecule is CC1CCCCCN1c1ccc(Br)cc1CBr. The maximum absolute atomic E-state index is 3.60. The van der Waals surface area contributed by atoms with Crippen molar-refractivity contribution in [3.63, 3.8) is 0 Å². The van der Waals surface area contributed by atoms with Gasteiger partial charge in [0.2, 0.25) is 0 Å². The Morgan fingerprint density at radius 2 is 2.12 bits per heavy atom. The van der Waals surface area contributed by atoms with Crippen LogP contribution in [-0.4, -0.2) is 12.6 Å². The molecule has 0 N–H and O–H groups in total. The van der Waals surface area contributed by atoms with Crippen LogP contribution in [0.25, 0.3) is 0 Å². The van der Waals surface area contributed by atoms with E-state index in [0.717, 1.165) is 9.80 Å². The fourth-order valence-electron chi connectivity index (χ4n) is 2.57. The molecule has 1 aliphatic heterocycles. The van der Waals surface area contributed by atoms with Crippen LogP contribution in [0.4, 0.5) is 5.69 Å². The van der Waals surface area contributed by atoms with Crippen LogP contribution in [0.5, 0.6) is 0 Å². The molecule has 2 rings (SSSR count). The first-order valence-corrected chi connectivity index (χ1v) is 8.25. The number of alkyl halides is 1. The molecule has 0 bridgehead atoms. The first-order valence-electron chi connectivity index (χ1n) is 6.33. The monoisotopic (exact) mass is 359 g/mol. The Kier molecular flexibility index (Phi) is 4.92. The minimum absolute atomic E-state index is 0.663. The molecule has 0 aliphatic carbocycles. The maximum Gasteiger partial charge on any atom is 0.0410 e. The summed E-state index contributed by atoms with van der Waals surface area (Å²) in [6, 6.07) is 7.29. The minimum Gasteiger partial charge on any atom is -0.369 e. The van der Waals surface area contributed by atoms with Gasteiger partial charge in [0.1, 0.15) is 0 Å². The molecule has 17 heavy (non-hydrogen) atoms. The number of halogens is 2. The Balaban J connectivity index is 2.30. The van der Waals surface area contributed by atoms with Crippen molar-refractivity contribution in [3.05, 3.63) is 28.2 Å². The largest absolute Gasteiger partial charge is 0.369 e. The number of hydrogen-bond acceptors (Lipinski definition) is 1. The molecule has 1 aromatic rings. The molecule has 94 valence electrons. The van der Waals surface area contributed by atoms with Crippen molar-refractivity contribution in [3.8, 4) is 0 Å². The Hall–Kier alpha value is -0.0200. The molecule has 3 heteroatoms. The van der Waals surface area contributed by atoms with Crippen molar-refractivity contribution >= 4 is 37.5 Å². The van der Waals surface area contributed by atoms with Gasteiger partial charge in [0, 0.05) is 28.1 Å². The summed E-state index contributed by atoms with van der Waals surface area (Å²) in [5.74, 6) is 0. The predicted octanol–water partition coefficient (Wildman–Crippen LogP) is 5.11. The zero-order chi connectivity index (χ0) is 12.3. The highest BCUT2D eigenvalue weighted by molar-refractivity contribution is 9.10. The number of benzene rings is 1. The van der Waals surface area contributed by atoms with Crippen molar-refractivity contribution in [2.24, 2.45) is 0 Å². The smallest absolute Gasteiger partial charge is 0.0410 e. The van der Waals surface area contributed by atoms with Gasteiger partial charge in [-0.05, 0) is 43.5 Å². The number of anilines is 1. The van der Waals surface area contributed by atoms with E-state index in [0.29, 0.717) is 6.04 Å². The van der Waals surface area contributed by atoms with Crippen LogP contribution in [0.15, 0.2) is 22.7 Å². The first kappa shape index (κ1) is 13.4. The second-order valence-electron chi connectivity index (χ2n) is 4.80. The average molecular weight is 361 g/mol. The predicted molar refractivity (Wildman–Crippen MR) is 82.0 cm³/mol. The summed E-state index contributed by atoms with van der Waals surface area (Å²) in [5.41, 5.74) is 2.78. The van der Waals surface area contributed by atoms with E-state index >= 15 is 0 Å². The van der Waals surface area contributed by atoms with Gasteiger partial charge in [-0.1, -0.05) is 44.7 Å². The Labute approximate surface area is 121 Å². The van der Waals surface area contributed by atoms with Gasteiger partial charge in [-0.15, -0.1) is 0 Å². The fourth-order valence-corrected chi connectivity index (χ4v) is 3.43. The number of nitrogens with zero attached hydrogens (tertiary/aromatic N) is 1. The fraction of sp³-hybridized carbons (Fsp3) is 0.571. The minimum atomic E-state index is 0.663. The van der Waals surface area contributed by atoms with E-state index in [4.69, 9.17) is 0 Å². The molecule has 0 amide bonds. The van der Waals surface area contributed by atoms with Gasteiger partial charge < -0.3 is 4.90 Å². The van der Waals surface area contributed by atoms with Crippen LogP contribution in [0, 0.1) is 0 Å². The molecular formula is C14H19Br2N. The molecule has 0 saturated carbocycles. The molecule has 1 atom stereocenters. The molecule has 0 aromatic heterocycles. The summed E-state index contributed by atoms with van der Waals surface area (Å²) in [6.45, 7) is 3.55. The lowest BCUT2D eigenvalue weighted by Gasteiger charge is -2.31. The van der Waals surface area contributed by atoms with Gasteiger partial charge >= 0.3 is 0 Å². The van der Waals surface area contributed by atoms with Gasteiger partial charge in [0.05, 0.1) is 0 Å². The number of hydrogen-bond donors (Lipinski definition) is 0. The van der Waals surface area contributed by atoms with Gasteiger partial charge in [-0.25, -0.2) is 0 Å². The van der Waals surface area contributed by atoms with E-state index in [9.17, 15) is 0 Å². The summed E-state index contributed by atoms with van der Waals surface area (Å²) in [7, 11) is 0. The third-order valence-corrected chi connectivity index (χ3v) is 4.65. The quantitative estimate of drug-likeness (QED) is 0.662. The maximum atomic E-state index is 3.60. The van der Waals surface area contributed by atoms with E-state index < -0.39 is 0 Å². The van der Waals surface area contributed by atoms with Crippen molar-refractivity contribution in [2.75, 3.05) is 11.4 Å². The Morgan fingerprint density at radius 1 is 1.29 bits per heavy atom. The zero-order valence-electron chi connectivity index (χ0n) is 10.3. The van der Waals surface area contributed by atoms with Crippen LogP contribution in [0.3, 0.4) is 0 Å². The molecule has 1 heterocycles. The lowest BCUT2D eigenvalue weighted by atomic mass is 10.1. The molecule has 1 saturated heterocycles. The Bertz CT molecular complexity index is 378. The highest BCUT2D eigenvalue weighted by Gasteiger charge is 2.19. The molecular weight excluding hydrogens is 342 g/mol. The van der Waals surface area contributed by atoms with Crippen molar-refractivity contribution in [2.45, 2.75) is 44.0 Å². The van der Waals surface area contributed by atoms with Crippen LogP contribution in [-0.2, 0) is 5.33 Å². The van der Waals surface area contributed by atoms with Crippen molar-refractivity contribution < 1.29 is 0 Å². The molecule has 0 radical (unpaired) electrons. The second kappa shape index (κ2) is 6.24. The highest BCUT2D eigenvalue weighted by atomic mass is 79.9. The topological polar surface area (TPSA) is 3.24 Å². The Morgan fingerprint density at radius 3 is 2.88 bits per heavy atom. The molecule has 1 aliphatic rings. The van der Waals surface area contributed by atoms with E-state index in [1.807, 2.05) is 0 Å². The summed E-state index contributed by atoms with van der Waals surface area (Å²) in [4.78, 5) is 2.58. The zero-order valence-corrected chi connectivity index (χ0v) is 13.4. The molecule has 1 unspecified atom stereocenters. The molecule has 1 fully saturated rings. The summed E-state index contributed by atoms with van der Waals surface area (Å²) >= 11 is 7.15. The third kappa shape index (κ3) is 3.25. The van der Waals surface area contributed by atoms with Crippen LogP contribution in [0.1, 0.15) is 38.2 Å². The van der Waals surface area contributed by atoms with Crippen LogP contribution >= 0.6 is 31.9 Å². The van der Waals surface area contributed by atoms with E-state index in [1.165, 1.54) is 43.5 Å². The normalized spacial score (nSPS) is 21.4. The van der Waals surface area contributed by atoms with E-state index in [1.54, 1.807) is 0 Å². The third-order valence-electron chi connectivity index (χ3n) is 3.55. The second-order valence-corrected chi connectivity index (χ2v) is 6.27. The average Bonchev–Trinajstić information content (AvgIpc) is 2.54. The van der Waals surface area contributed by atoms with Gasteiger partial charge in [-0.2, -0.15) is 0 Å². The molecule has 1 aromatic carbocycles. The first-order chi connectivity index (χ1) is 8.22.